The van der Waals surface area contributed by atoms with E-state index < -0.39 is 0 Å². The fraction of sp³-hybridized carbons (Fsp3) is 0.769. The van der Waals surface area contributed by atoms with E-state index in [0.29, 0.717) is 6.04 Å². The van der Waals surface area contributed by atoms with Crippen molar-refractivity contribution in [2.24, 2.45) is 0 Å². The van der Waals surface area contributed by atoms with Crippen molar-refractivity contribution in [3.63, 3.8) is 0 Å². The number of nitrogens with one attached hydrogen (secondary N) is 1. The van der Waals surface area contributed by atoms with Gasteiger partial charge in [-0.05, 0) is 40.2 Å². The maximum atomic E-state index is 5.74. The molecule has 1 aliphatic heterocycles. The molecule has 17 heavy (non-hydrogen) atoms. The highest BCUT2D eigenvalue weighted by atomic mass is 32.1. The van der Waals surface area contributed by atoms with Crippen LogP contribution in [0.25, 0.3) is 0 Å². The second-order valence-corrected chi connectivity index (χ2v) is 5.88. The normalized spacial score (nSPS) is 21.7. The van der Waals surface area contributed by atoms with Gasteiger partial charge in [-0.3, -0.25) is 0 Å². The molecule has 0 bridgehead atoms. The fourth-order valence-electron chi connectivity index (χ4n) is 2.25. The first kappa shape index (κ1) is 13.0. The van der Waals surface area contributed by atoms with Crippen LogP contribution in [-0.2, 0) is 10.3 Å². The molecular formula is C13H22N2OS. The minimum Gasteiger partial charge on any atom is -0.369 e. The number of hydrogen-bond donors (Lipinski definition) is 1. The van der Waals surface area contributed by atoms with Gasteiger partial charge in [0.2, 0.25) is 0 Å². The van der Waals surface area contributed by atoms with E-state index in [0.717, 1.165) is 18.2 Å². The number of aromatic nitrogens is 1. The van der Waals surface area contributed by atoms with Crippen molar-refractivity contribution in [3.05, 3.63) is 16.1 Å². The van der Waals surface area contributed by atoms with E-state index in [1.807, 2.05) is 6.92 Å². The Morgan fingerprint density at radius 2 is 2.35 bits per heavy atom. The topological polar surface area (TPSA) is 34.1 Å². The molecule has 3 nitrogen and oxygen atoms in total. The first-order valence-electron chi connectivity index (χ1n) is 6.46. The van der Waals surface area contributed by atoms with Crippen molar-refractivity contribution in [2.75, 3.05) is 13.2 Å². The Hall–Kier alpha value is -0.450. The van der Waals surface area contributed by atoms with E-state index in [-0.39, 0.29) is 5.60 Å². The Bertz CT molecular complexity index is 356. The van der Waals surface area contributed by atoms with Gasteiger partial charge in [0.1, 0.15) is 10.6 Å². The molecule has 1 aliphatic rings. The van der Waals surface area contributed by atoms with Crippen LogP contribution >= 0.6 is 11.3 Å². The lowest BCUT2D eigenvalue weighted by Gasteiger charge is -2.23. The van der Waals surface area contributed by atoms with Crippen LogP contribution in [0, 0.1) is 0 Å². The van der Waals surface area contributed by atoms with Crippen LogP contribution in [0.1, 0.15) is 56.8 Å². The van der Waals surface area contributed by atoms with E-state index in [1.165, 1.54) is 25.0 Å². The van der Waals surface area contributed by atoms with E-state index in [4.69, 9.17) is 9.72 Å². The standard InChI is InChI=1S/C13H22N2OS/c1-4-16-13(2,3)12-15-11(9-17-12)10-7-5-6-8-14-10/h9-10,14H,4-8H2,1-3H3. The predicted octanol–water partition coefficient (Wildman–Crippen LogP) is 3.23. The van der Waals surface area contributed by atoms with Crippen LogP contribution in [0.3, 0.4) is 0 Å². The Labute approximate surface area is 108 Å². The van der Waals surface area contributed by atoms with Gasteiger partial charge in [-0.1, -0.05) is 6.42 Å². The number of nitrogens with zero attached hydrogens (tertiary/aromatic N) is 1. The summed E-state index contributed by atoms with van der Waals surface area (Å²) in [5.41, 5.74) is 0.935. The van der Waals surface area contributed by atoms with Gasteiger partial charge in [-0.15, -0.1) is 11.3 Å². The van der Waals surface area contributed by atoms with Crippen LogP contribution in [0.4, 0.5) is 0 Å². The molecule has 0 radical (unpaired) electrons. The SMILES string of the molecule is CCOC(C)(C)c1nc(C2CCCCN2)cs1. The summed E-state index contributed by atoms with van der Waals surface area (Å²) in [6, 6.07) is 0.450. The average Bonchev–Trinajstić information content (AvgIpc) is 2.80. The average molecular weight is 254 g/mol. The number of rotatable bonds is 4. The van der Waals surface area contributed by atoms with Gasteiger partial charge in [-0.25, -0.2) is 4.98 Å². The third-order valence-corrected chi connectivity index (χ3v) is 4.37. The molecule has 1 N–H and O–H groups in total. The van der Waals surface area contributed by atoms with Crippen molar-refractivity contribution >= 4 is 11.3 Å². The summed E-state index contributed by atoms with van der Waals surface area (Å²) in [7, 11) is 0. The molecule has 2 heterocycles. The molecule has 1 fully saturated rings. The quantitative estimate of drug-likeness (QED) is 0.895. The van der Waals surface area contributed by atoms with Gasteiger partial charge in [0.05, 0.1) is 11.7 Å². The van der Waals surface area contributed by atoms with E-state index in [1.54, 1.807) is 11.3 Å². The maximum absolute atomic E-state index is 5.74. The lowest BCUT2D eigenvalue weighted by molar-refractivity contribution is -0.0143. The van der Waals surface area contributed by atoms with Gasteiger partial charge in [0.15, 0.2) is 0 Å². The van der Waals surface area contributed by atoms with Gasteiger partial charge >= 0.3 is 0 Å². The molecule has 0 saturated carbocycles. The Morgan fingerprint density at radius 3 is 3.00 bits per heavy atom. The van der Waals surface area contributed by atoms with Crippen LogP contribution in [0.15, 0.2) is 5.38 Å². The first-order chi connectivity index (χ1) is 8.13. The van der Waals surface area contributed by atoms with Crippen molar-refractivity contribution in [1.82, 2.24) is 10.3 Å². The highest BCUT2D eigenvalue weighted by Crippen LogP contribution is 2.31. The molecule has 0 aromatic carbocycles. The smallest absolute Gasteiger partial charge is 0.124 e. The van der Waals surface area contributed by atoms with Crippen LogP contribution in [0.5, 0.6) is 0 Å². The van der Waals surface area contributed by atoms with Crippen molar-refractivity contribution in [1.29, 1.82) is 0 Å². The Morgan fingerprint density at radius 1 is 1.53 bits per heavy atom. The molecule has 2 rings (SSSR count). The van der Waals surface area contributed by atoms with Crippen molar-refractivity contribution < 1.29 is 4.74 Å². The summed E-state index contributed by atoms with van der Waals surface area (Å²) in [5, 5.41) is 6.80. The Balaban J connectivity index is 2.09. The highest BCUT2D eigenvalue weighted by molar-refractivity contribution is 7.09. The summed E-state index contributed by atoms with van der Waals surface area (Å²) >= 11 is 1.71. The van der Waals surface area contributed by atoms with E-state index >= 15 is 0 Å². The minimum atomic E-state index is -0.258. The molecule has 0 amide bonds. The number of thiazole rings is 1. The zero-order valence-corrected chi connectivity index (χ0v) is 11.8. The molecule has 1 saturated heterocycles. The summed E-state index contributed by atoms with van der Waals surface area (Å²) in [5.74, 6) is 0. The molecular weight excluding hydrogens is 232 g/mol. The maximum Gasteiger partial charge on any atom is 0.124 e. The predicted molar refractivity (Wildman–Crippen MR) is 71.4 cm³/mol. The van der Waals surface area contributed by atoms with E-state index in [9.17, 15) is 0 Å². The van der Waals surface area contributed by atoms with Gasteiger partial charge in [0.25, 0.3) is 0 Å². The van der Waals surface area contributed by atoms with Crippen molar-refractivity contribution in [2.45, 2.75) is 51.7 Å². The molecule has 1 unspecified atom stereocenters. The molecule has 1 atom stereocenters. The van der Waals surface area contributed by atoms with Gasteiger partial charge < -0.3 is 10.1 Å². The molecule has 1 aromatic heterocycles. The molecule has 0 spiro atoms. The lowest BCUT2D eigenvalue weighted by atomic mass is 10.0. The zero-order chi connectivity index (χ0) is 12.3. The van der Waals surface area contributed by atoms with Crippen LogP contribution in [0.2, 0.25) is 0 Å². The van der Waals surface area contributed by atoms with Crippen molar-refractivity contribution in [3.8, 4) is 0 Å². The molecule has 0 aliphatic carbocycles. The fourth-order valence-corrected chi connectivity index (χ4v) is 3.20. The monoisotopic (exact) mass is 254 g/mol. The number of ether oxygens (including phenoxy) is 1. The second kappa shape index (κ2) is 5.46. The third kappa shape index (κ3) is 3.06. The third-order valence-electron chi connectivity index (χ3n) is 3.21. The Kier molecular flexibility index (Phi) is 4.17. The number of hydrogen-bond acceptors (Lipinski definition) is 4. The first-order valence-corrected chi connectivity index (χ1v) is 7.34. The zero-order valence-electron chi connectivity index (χ0n) is 11.0. The summed E-state index contributed by atoms with van der Waals surface area (Å²) in [4.78, 5) is 4.76. The van der Waals surface area contributed by atoms with Crippen LogP contribution < -0.4 is 5.32 Å². The second-order valence-electron chi connectivity index (χ2n) is 5.02. The highest BCUT2D eigenvalue weighted by Gasteiger charge is 2.26. The summed E-state index contributed by atoms with van der Waals surface area (Å²) in [6.07, 6.45) is 3.80. The minimum absolute atomic E-state index is 0.258. The molecule has 4 heteroatoms. The van der Waals surface area contributed by atoms with Crippen LogP contribution in [-0.4, -0.2) is 18.1 Å². The molecule has 96 valence electrons. The van der Waals surface area contributed by atoms with E-state index in [2.05, 4.69) is 24.5 Å². The lowest BCUT2D eigenvalue weighted by Crippen LogP contribution is -2.27. The number of piperidine rings is 1. The van der Waals surface area contributed by atoms with Gasteiger partial charge in [0, 0.05) is 12.0 Å². The summed E-state index contributed by atoms with van der Waals surface area (Å²) in [6.45, 7) is 8.05. The van der Waals surface area contributed by atoms with Gasteiger partial charge in [-0.2, -0.15) is 0 Å². The summed E-state index contributed by atoms with van der Waals surface area (Å²) < 4.78 is 5.74. The largest absolute Gasteiger partial charge is 0.369 e. The molecule has 1 aromatic rings.